The number of nitrogens with one attached hydrogen (secondary N) is 1. The van der Waals surface area contributed by atoms with Gasteiger partial charge in [-0.2, -0.15) is 5.10 Å². The lowest BCUT2D eigenvalue weighted by Gasteiger charge is -1.76. The number of hydrogen-bond acceptors (Lipinski definition) is 1. The van der Waals surface area contributed by atoms with Crippen LogP contribution in [-0.4, -0.2) is 10.2 Å². The Morgan fingerprint density at radius 2 is 2.86 bits per heavy atom. The van der Waals surface area contributed by atoms with E-state index in [2.05, 4.69) is 17.1 Å². The summed E-state index contributed by atoms with van der Waals surface area (Å²) in [5.41, 5.74) is 1.26. The first-order valence-corrected chi connectivity index (χ1v) is 2.41. The van der Waals surface area contributed by atoms with Crippen molar-refractivity contribution in [1.82, 2.24) is 10.2 Å². The van der Waals surface area contributed by atoms with Gasteiger partial charge in [0.15, 0.2) is 0 Å². The van der Waals surface area contributed by atoms with Crippen LogP contribution in [0.4, 0.5) is 0 Å². The Bertz CT molecular complexity index is 125. The monoisotopic (exact) mass is 97.1 g/mol. The van der Waals surface area contributed by atoms with Crippen LogP contribution in [0.25, 0.3) is 0 Å². The summed E-state index contributed by atoms with van der Waals surface area (Å²) >= 11 is 0. The molecule has 0 fully saturated rings. The van der Waals surface area contributed by atoms with E-state index in [0.29, 0.717) is 0 Å². The van der Waals surface area contributed by atoms with Crippen LogP contribution in [0.1, 0.15) is 13.9 Å². The molecule has 1 aromatic heterocycles. The molecule has 1 rings (SSSR count). The lowest BCUT2D eigenvalue weighted by molar-refractivity contribution is 1.09. The molecule has 1 aromatic rings. The highest BCUT2D eigenvalue weighted by Crippen LogP contribution is 1.91. The molecule has 0 saturated heterocycles. The Hall–Kier alpha value is -0.790. The Morgan fingerprint density at radius 1 is 2.00 bits per heavy atom. The Labute approximate surface area is 44.0 Å². The summed E-state index contributed by atoms with van der Waals surface area (Å²) in [6, 6.07) is 0. The number of aromatic amines is 1. The fourth-order valence-corrected chi connectivity index (χ4v) is 0.471. The van der Waals surface area contributed by atoms with Crippen LogP contribution >= 0.6 is 0 Å². The van der Waals surface area contributed by atoms with Gasteiger partial charge in [0.1, 0.15) is 0 Å². The van der Waals surface area contributed by atoms with Crippen LogP contribution in [0.3, 0.4) is 0 Å². The van der Waals surface area contributed by atoms with Crippen molar-refractivity contribution in [3.63, 3.8) is 0 Å². The number of nitrogens with zero attached hydrogens (tertiary/aromatic N) is 1. The average molecular weight is 97.1 g/mol. The molecule has 0 radical (unpaired) electrons. The minimum Gasteiger partial charge on any atom is -0.285 e. The number of aryl methyl sites for hydroxylation is 1. The fourth-order valence-electron chi connectivity index (χ4n) is 0.471. The molecule has 0 aliphatic heterocycles. The average Bonchev–Trinajstić information content (AvgIpc) is 2.14. The maximum atomic E-state index is 3.77. The summed E-state index contributed by atoms with van der Waals surface area (Å²) in [7, 11) is 0. The van der Waals surface area contributed by atoms with Crippen molar-refractivity contribution < 1.29 is 1.43 Å². The molecule has 0 amide bonds. The summed E-state index contributed by atoms with van der Waals surface area (Å²) in [6.45, 7) is 2.10. The second-order valence-corrected chi connectivity index (χ2v) is 1.46. The Kier molecular flexibility index (Phi) is 1.11. The second kappa shape index (κ2) is 1.78. The molecule has 0 saturated carbocycles. The van der Waals surface area contributed by atoms with E-state index in [1.807, 2.05) is 12.4 Å². The van der Waals surface area contributed by atoms with Gasteiger partial charge in [-0.05, 0) is 12.0 Å². The molecule has 0 aliphatic carbocycles. The fraction of sp³-hybridized carbons (Fsp3) is 0.400. The van der Waals surface area contributed by atoms with E-state index in [1.54, 1.807) is 0 Å². The highest BCUT2D eigenvalue weighted by molar-refractivity contribution is 5.00. The molecule has 7 heavy (non-hydrogen) atoms. The van der Waals surface area contributed by atoms with Crippen molar-refractivity contribution in [2.75, 3.05) is 0 Å². The predicted octanol–water partition coefficient (Wildman–Crippen LogP) is 1.08. The SMILES string of the molecule is CCc1cn[nH]c1.[H+]. The van der Waals surface area contributed by atoms with Gasteiger partial charge in [-0.15, -0.1) is 0 Å². The van der Waals surface area contributed by atoms with Crippen molar-refractivity contribution in [3.8, 4) is 0 Å². The van der Waals surface area contributed by atoms with E-state index >= 15 is 0 Å². The topological polar surface area (TPSA) is 28.7 Å². The molecule has 0 unspecified atom stereocenters. The first-order valence-electron chi connectivity index (χ1n) is 2.41. The molecule has 2 heteroatoms. The summed E-state index contributed by atoms with van der Waals surface area (Å²) in [5, 5.41) is 6.50. The Morgan fingerprint density at radius 3 is 3.14 bits per heavy atom. The van der Waals surface area contributed by atoms with Crippen LogP contribution in [0, 0.1) is 0 Å². The van der Waals surface area contributed by atoms with Crippen molar-refractivity contribution in [2.24, 2.45) is 0 Å². The molecule has 0 bridgehead atoms. The molecular weight excluding hydrogens is 88.1 g/mol. The normalized spacial score (nSPS) is 9.29. The van der Waals surface area contributed by atoms with Gasteiger partial charge in [0.25, 0.3) is 0 Å². The third-order valence-corrected chi connectivity index (χ3v) is 0.963. The highest BCUT2D eigenvalue weighted by Gasteiger charge is 1.82. The van der Waals surface area contributed by atoms with E-state index < -0.39 is 0 Å². The van der Waals surface area contributed by atoms with Gasteiger partial charge in [0.2, 0.25) is 0 Å². The molecule has 0 aromatic carbocycles. The summed E-state index contributed by atoms with van der Waals surface area (Å²) in [5.74, 6) is 0. The standard InChI is InChI=1S/C5H8N2/c1-2-5-3-6-7-4-5/h3-4H,2H2,1H3,(H,6,7)/p+1. The molecule has 38 valence electrons. The van der Waals surface area contributed by atoms with Gasteiger partial charge in [-0.1, -0.05) is 6.92 Å². The lowest BCUT2D eigenvalue weighted by atomic mass is 10.3. The van der Waals surface area contributed by atoms with E-state index in [4.69, 9.17) is 0 Å². The zero-order valence-corrected chi connectivity index (χ0v) is 4.31. The molecule has 2 nitrogen and oxygen atoms in total. The number of hydrogen-bond donors (Lipinski definition) is 1. The zero-order chi connectivity index (χ0) is 5.11. The second-order valence-electron chi connectivity index (χ2n) is 1.46. The number of rotatable bonds is 1. The smallest absolute Gasteiger partial charge is 0.285 e. The van der Waals surface area contributed by atoms with Gasteiger partial charge in [0, 0.05) is 6.20 Å². The van der Waals surface area contributed by atoms with Crippen LogP contribution in [0.15, 0.2) is 12.4 Å². The van der Waals surface area contributed by atoms with E-state index in [9.17, 15) is 0 Å². The van der Waals surface area contributed by atoms with Crippen molar-refractivity contribution in [2.45, 2.75) is 13.3 Å². The first-order chi connectivity index (χ1) is 3.43. The molecule has 1 heterocycles. The van der Waals surface area contributed by atoms with Crippen LogP contribution in [0.2, 0.25) is 0 Å². The maximum absolute atomic E-state index is 3.77. The van der Waals surface area contributed by atoms with Gasteiger partial charge >= 0.3 is 1.43 Å². The van der Waals surface area contributed by atoms with Gasteiger partial charge in [-0.3, -0.25) is 5.10 Å². The van der Waals surface area contributed by atoms with E-state index in [1.165, 1.54) is 5.56 Å². The van der Waals surface area contributed by atoms with Crippen LogP contribution in [-0.2, 0) is 6.42 Å². The summed E-state index contributed by atoms with van der Waals surface area (Å²) in [6.07, 6.45) is 4.80. The van der Waals surface area contributed by atoms with E-state index in [0.717, 1.165) is 6.42 Å². The maximum Gasteiger partial charge on any atom is 1.00 e. The van der Waals surface area contributed by atoms with Crippen molar-refractivity contribution in [3.05, 3.63) is 18.0 Å². The number of aromatic nitrogens is 2. The summed E-state index contributed by atoms with van der Waals surface area (Å²) < 4.78 is 0. The first kappa shape index (κ1) is 4.37. The quantitative estimate of drug-likeness (QED) is 0.558. The number of H-pyrrole nitrogens is 1. The minimum atomic E-state index is 0. The predicted molar refractivity (Wildman–Crippen MR) is 29.1 cm³/mol. The largest absolute Gasteiger partial charge is 1.00 e. The van der Waals surface area contributed by atoms with Crippen molar-refractivity contribution in [1.29, 1.82) is 0 Å². The lowest BCUT2D eigenvalue weighted by Crippen LogP contribution is -1.67. The van der Waals surface area contributed by atoms with Gasteiger partial charge in [0.05, 0.1) is 6.20 Å². The Balaban J connectivity index is 0.000000490. The molecule has 0 aliphatic rings. The minimum absolute atomic E-state index is 0. The molecule has 0 atom stereocenters. The molecule has 0 spiro atoms. The van der Waals surface area contributed by atoms with Gasteiger partial charge in [-0.25, -0.2) is 0 Å². The third kappa shape index (κ3) is 0.796. The van der Waals surface area contributed by atoms with Gasteiger partial charge < -0.3 is 0 Å². The van der Waals surface area contributed by atoms with Crippen LogP contribution in [0.5, 0.6) is 0 Å². The van der Waals surface area contributed by atoms with Crippen LogP contribution < -0.4 is 0 Å². The molecule has 1 N–H and O–H groups in total. The van der Waals surface area contributed by atoms with E-state index in [-0.39, 0.29) is 1.43 Å². The molecular formula is C5H9N2+. The summed E-state index contributed by atoms with van der Waals surface area (Å²) in [4.78, 5) is 0. The third-order valence-electron chi connectivity index (χ3n) is 0.963. The highest BCUT2D eigenvalue weighted by atomic mass is 15.1. The zero-order valence-electron chi connectivity index (χ0n) is 5.31. The van der Waals surface area contributed by atoms with Crippen molar-refractivity contribution >= 4 is 0 Å².